The maximum absolute atomic E-state index is 11.9. The zero-order chi connectivity index (χ0) is 18.8. The van der Waals surface area contributed by atoms with Crippen LogP contribution in [0, 0.1) is 0 Å². The van der Waals surface area contributed by atoms with Gasteiger partial charge in [-0.25, -0.2) is 4.99 Å². The Balaban J connectivity index is 0.00000364. The zero-order valence-electron chi connectivity index (χ0n) is 16.7. The van der Waals surface area contributed by atoms with Crippen LogP contribution in [0.3, 0.4) is 0 Å². The highest BCUT2D eigenvalue weighted by atomic mass is 127. The van der Waals surface area contributed by atoms with Crippen molar-refractivity contribution < 1.29 is 9.53 Å². The van der Waals surface area contributed by atoms with Crippen LogP contribution in [0.4, 0.5) is 0 Å². The zero-order valence-corrected chi connectivity index (χ0v) is 19.0. The number of halogens is 1. The van der Waals surface area contributed by atoms with E-state index in [1.807, 2.05) is 18.2 Å². The van der Waals surface area contributed by atoms with Crippen molar-refractivity contribution in [2.24, 2.45) is 4.99 Å². The maximum Gasteiger partial charge on any atom is 0.243 e. The predicted molar refractivity (Wildman–Crippen MR) is 121 cm³/mol. The fourth-order valence-electron chi connectivity index (χ4n) is 3.11. The molecule has 0 heterocycles. The lowest BCUT2D eigenvalue weighted by Crippen LogP contribution is -2.45. The van der Waals surface area contributed by atoms with Crippen molar-refractivity contribution in [1.29, 1.82) is 0 Å². The van der Waals surface area contributed by atoms with Gasteiger partial charge in [0.1, 0.15) is 12.3 Å². The second kappa shape index (κ2) is 12.8. The van der Waals surface area contributed by atoms with Crippen molar-refractivity contribution in [3.63, 3.8) is 0 Å². The largest absolute Gasteiger partial charge is 0.496 e. The molecule has 1 aliphatic rings. The number of para-hydroxylation sites is 1. The molecule has 1 aromatic rings. The lowest BCUT2D eigenvalue weighted by Gasteiger charge is -2.25. The summed E-state index contributed by atoms with van der Waals surface area (Å²) in [5.41, 5.74) is 1.16. The molecule has 6 nitrogen and oxygen atoms in total. The number of carbonyl (C=O) groups is 1. The van der Waals surface area contributed by atoms with E-state index < -0.39 is 0 Å². The molecule has 27 heavy (non-hydrogen) atoms. The Hall–Kier alpha value is -1.51. The summed E-state index contributed by atoms with van der Waals surface area (Å²) in [5.74, 6) is 1.62. The number of methoxy groups -OCH3 is 1. The number of aliphatic imine (C=N–C) groups is 1. The summed E-state index contributed by atoms with van der Waals surface area (Å²) in [5, 5.41) is 6.88. The fraction of sp³-hybridized carbons (Fsp3) is 0.600. The van der Waals surface area contributed by atoms with Gasteiger partial charge < -0.3 is 20.3 Å². The second-order valence-corrected chi connectivity index (χ2v) is 6.92. The maximum atomic E-state index is 11.9. The Bertz CT molecular complexity index is 601. The summed E-state index contributed by atoms with van der Waals surface area (Å²) < 4.78 is 5.41. The molecule has 1 aliphatic carbocycles. The fourth-order valence-corrected chi connectivity index (χ4v) is 3.11. The van der Waals surface area contributed by atoms with Crippen LogP contribution in [0.5, 0.6) is 5.75 Å². The third-order valence-corrected chi connectivity index (χ3v) is 4.70. The number of rotatable bonds is 7. The van der Waals surface area contributed by atoms with Crippen LogP contribution < -0.4 is 15.4 Å². The number of hydrogen-bond donors (Lipinski definition) is 2. The van der Waals surface area contributed by atoms with Crippen LogP contribution in [-0.4, -0.2) is 57.1 Å². The third-order valence-electron chi connectivity index (χ3n) is 4.70. The van der Waals surface area contributed by atoms with Gasteiger partial charge in [-0.15, -0.1) is 24.0 Å². The molecule has 1 saturated carbocycles. The number of likely N-dealkylation sites (N-methyl/N-ethyl adjacent to an activating group) is 1. The normalized spacial score (nSPS) is 14.9. The highest BCUT2D eigenvalue weighted by Gasteiger charge is 2.15. The van der Waals surface area contributed by atoms with Crippen LogP contribution in [0.15, 0.2) is 29.3 Å². The number of amides is 1. The van der Waals surface area contributed by atoms with Gasteiger partial charge in [0.05, 0.1) is 7.11 Å². The third kappa shape index (κ3) is 8.36. The SMILES string of the molecule is COc1ccccc1CCNC(=NCC(=O)N(C)C)NC1CCCCC1.I. The monoisotopic (exact) mass is 488 g/mol. The Labute approximate surface area is 180 Å². The van der Waals surface area contributed by atoms with Crippen molar-refractivity contribution in [2.75, 3.05) is 34.3 Å². The molecule has 152 valence electrons. The van der Waals surface area contributed by atoms with Crippen LogP contribution in [0.2, 0.25) is 0 Å². The molecule has 1 amide bonds. The van der Waals surface area contributed by atoms with E-state index >= 15 is 0 Å². The summed E-state index contributed by atoms with van der Waals surface area (Å²) in [4.78, 5) is 17.9. The van der Waals surface area contributed by atoms with Gasteiger partial charge in [0.25, 0.3) is 0 Å². The molecule has 0 bridgehead atoms. The molecule has 0 saturated heterocycles. The summed E-state index contributed by atoms with van der Waals surface area (Å²) in [6.45, 7) is 0.888. The van der Waals surface area contributed by atoms with Crippen LogP contribution in [0.1, 0.15) is 37.7 Å². The first-order chi connectivity index (χ1) is 12.6. The molecular formula is C20H33IN4O2. The number of benzene rings is 1. The van der Waals surface area contributed by atoms with E-state index in [0.29, 0.717) is 6.04 Å². The topological polar surface area (TPSA) is 66.0 Å². The van der Waals surface area contributed by atoms with Crippen LogP contribution in [-0.2, 0) is 11.2 Å². The molecule has 0 radical (unpaired) electrons. The molecular weight excluding hydrogens is 455 g/mol. The molecule has 0 spiro atoms. The van der Waals surface area contributed by atoms with E-state index in [9.17, 15) is 4.79 Å². The number of carbonyl (C=O) groups excluding carboxylic acids is 1. The van der Waals surface area contributed by atoms with Crippen molar-refractivity contribution >= 4 is 35.8 Å². The number of nitrogens with zero attached hydrogens (tertiary/aromatic N) is 2. The molecule has 7 heteroatoms. The average Bonchev–Trinajstić information content (AvgIpc) is 2.66. The minimum absolute atomic E-state index is 0. The average molecular weight is 488 g/mol. The van der Waals surface area contributed by atoms with Gasteiger partial charge in [0, 0.05) is 26.7 Å². The first-order valence-corrected chi connectivity index (χ1v) is 9.47. The van der Waals surface area contributed by atoms with Crippen molar-refractivity contribution in [2.45, 2.75) is 44.6 Å². The Morgan fingerprint density at radius 2 is 1.93 bits per heavy atom. The first-order valence-electron chi connectivity index (χ1n) is 9.47. The second-order valence-electron chi connectivity index (χ2n) is 6.92. The Kier molecular flexibility index (Phi) is 11.2. The van der Waals surface area contributed by atoms with Crippen molar-refractivity contribution in [3.8, 4) is 5.75 Å². The van der Waals surface area contributed by atoms with Gasteiger partial charge in [-0.3, -0.25) is 4.79 Å². The minimum atomic E-state index is -0.000488. The molecule has 1 fully saturated rings. The lowest BCUT2D eigenvalue weighted by atomic mass is 9.96. The smallest absolute Gasteiger partial charge is 0.243 e. The number of nitrogens with one attached hydrogen (secondary N) is 2. The van der Waals surface area contributed by atoms with E-state index in [1.165, 1.54) is 19.3 Å². The predicted octanol–water partition coefficient (Wildman–Crippen LogP) is 2.81. The van der Waals surface area contributed by atoms with Gasteiger partial charge in [-0.05, 0) is 30.9 Å². The highest BCUT2D eigenvalue weighted by Crippen LogP contribution is 2.18. The Morgan fingerprint density at radius 1 is 1.22 bits per heavy atom. The van der Waals surface area contributed by atoms with Gasteiger partial charge in [-0.1, -0.05) is 37.5 Å². The van der Waals surface area contributed by atoms with E-state index in [2.05, 4.69) is 21.7 Å². The molecule has 2 rings (SSSR count). The molecule has 0 aromatic heterocycles. The summed E-state index contributed by atoms with van der Waals surface area (Å²) >= 11 is 0. The molecule has 2 N–H and O–H groups in total. The number of ether oxygens (including phenoxy) is 1. The van der Waals surface area contributed by atoms with E-state index in [0.717, 1.165) is 43.1 Å². The highest BCUT2D eigenvalue weighted by molar-refractivity contribution is 14.0. The van der Waals surface area contributed by atoms with Gasteiger partial charge in [0.2, 0.25) is 5.91 Å². The van der Waals surface area contributed by atoms with Gasteiger partial charge >= 0.3 is 0 Å². The van der Waals surface area contributed by atoms with E-state index in [-0.39, 0.29) is 36.4 Å². The van der Waals surface area contributed by atoms with E-state index in [1.54, 1.807) is 26.1 Å². The quantitative estimate of drug-likeness (QED) is 0.352. The van der Waals surface area contributed by atoms with Crippen molar-refractivity contribution in [3.05, 3.63) is 29.8 Å². The number of hydrogen-bond acceptors (Lipinski definition) is 3. The molecule has 0 aliphatic heterocycles. The summed E-state index contributed by atoms with van der Waals surface area (Å²) in [6.07, 6.45) is 6.97. The van der Waals surface area contributed by atoms with Crippen LogP contribution >= 0.6 is 24.0 Å². The lowest BCUT2D eigenvalue weighted by molar-refractivity contribution is -0.127. The first kappa shape index (κ1) is 23.5. The van der Waals surface area contributed by atoms with Gasteiger partial charge in [-0.2, -0.15) is 0 Å². The minimum Gasteiger partial charge on any atom is -0.496 e. The van der Waals surface area contributed by atoms with E-state index in [4.69, 9.17) is 4.74 Å². The standard InChI is InChI=1S/C20H32N4O2.HI/c1-24(2)19(25)15-22-20(23-17-10-5-4-6-11-17)21-14-13-16-9-7-8-12-18(16)26-3;/h7-9,12,17H,4-6,10-11,13-15H2,1-3H3,(H2,21,22,23);1H. The number of guanidine groups is 1. The van der Waals surface area contributed by atoms with Gasteiger partial charge in [0.15, 0.2) is 5.96 Å². The Morgan fingerprint density at radius 3 is 2.59 bits per heavy atom. The molecule has 0 unspecified atom stereocenters. The molecule has 0 atom stereocenters. The summed E-state index contributed by atoms with van der Waals surface area (Å²) in [7, 11) is 5.19. The van der Waals surface area contributed by atoms with Crippen molar-refractivity contribution in [1.82, 2.24) is 15.5 Å². The van der Waals surface area contributed by atoms with Crippen LogP contribution in [0.25, 0.3) is 0 Å². The summed E-state index contributed by atoms with van der Waals surface area (Å²) in [6, 6.07) is 8.47. The molecule has 1 aromatic carbocycles.